The Morgan fingerprint density at radius 3 is 2.61 bits per heavy atom. The zero-order valence-corrected chi connectivity index (χ0v) is 22.1. The first-order valence-electron chi connectivity index (χ1n) is 10.9. The van der Waals surface area contributed by atoms with Crippen LogP contribution in [0.15, 0.2) is 41.3 Å². The highest BCUT2D eigenvalue weighted by Crippen LogP contribution is 2.49. The lowest BCUT2D eigenvalue weighted by Gasteiger charge is -2.25. The predicted molar refractivity (Wildman–Crippen MR) is 134 cm³/mol. The van der Waals surface area contributed by atoms with Crippen LogP contribution in [0, 0.1) is 0 Å². The molecule has 0 bridgehead atoms. The summed E-state index contributed by atoms with van der Waals surface area (Å²) in [5.41, 5.74) is 4.71. The molecule has 1 fully saturated rings. The highest BCUT2D eigenvalue weighted by Gasteiger charge is 2.46. The number of anilines is 1. The van der Waals surface area contributed by atoms with Crippen LogP contribution >= 0.6 is 31.1 Å². The van der Waals surface area contributed by atoms with Crippen LogP contribution in [0.4, 0.5) is 10.2 Å². The molecule has 1 aromatic heterocycles. The molecule has 198 valence electrons. The van der Waals surface area contributed by atoms with Crippen molar-refractivity contribution >= 4 is 42.9 Å². The molecule has 2 heterocycles. The van der Waals surface area contributed by atoms with Gasteiger partial charge in [0, 0.05) is 11.2 Å². The zero-order valence-electron chi connectivity index (χ0n) is 19.6. The number of nitrogens with one attached hydrogen (secondary N) is 1. The number of benzene rings is 1. The molecule has 1 aliphatic rings. The van der Waals surface area contributed by atoms with Gasteiger partial charge >= 0.3 is 19.4 Å². The Morgan fingerprint density at radius 2 is 2.00 bits per heavy atom. The highest BCUT2D eigenvalue weighted by molar-refractivity contribution is 8.00. The summed E-state index contributed by atoms with van der Waals surface area (Å²) >= 11 is 6.78. The molecule has 0 aliphatic carbocycles. The molecule has 1 aromatic carbocycles. The number of alkyl halides is 1. The summed E-state index contributed by atoms with van der Waals surface area (Å²) in [7, 11) is -4.25. The summed E-state index contributed by atoms with van der Waals surface area (Å²) in [6, 6.07) is 6.15. The molecule has 15 heteroatoms. The summed E-state index contributed by atoms with van der Waals surface area (Å²) in [6.45, 7) is 4.30. The van der Waals surface area contributed by atoms with E-state index < -0.39 is 61.1 Å². The minimum absolute atomic E-state index is 0.0217. The molecule has 6 atom stereocenters. The molecule has 4 N–H and O–H groups in total. The Kier molecular flexibility index (Phi) is 9.42. The number of hydrogen-bond donors (Lipinski definition) is 3. The van der Waals surface area contributed by atoms with E-state index >= 15 is 0 Å². The van der Waals surface area contributed by atoms with E-state index in [4.69, 9.17) is 31.1 Å². The third kappa shape index (κ3) is 7.21. The zero-order chi connectivity index (χ0) is 26.6. The maximum absolute atomic E-state index is 14.9. The second kappa shape index (κ2) is 11.9. The van der Waals surface area contributed by atoms with Crippen molar-refractivity contribution in [2.24, 2.45) is 0 Å². The van der Waals surface area contributed by atoms with Crippen molar-refractivity contribution < 1.29 is 32.6 Å². The first-order chi connectivity index (χ1) is 16.9. The van der Waals surface area contributed by atoms with E-state index in [2.05, 4.69) is 10.1 Å². The van der Waals surface area contributed by atoms with Gasteiger partial charge in [-0.2, -0.15) is 10.1 Å². The SMILES string of the molecule is CC(C)OC(=O)[C@H](C)N[P@](=O)(OC[C@H]1S[C@@H](n2ccc(N)nc2=O)[C@@H](F)[C@@H]1O)Oc1ccc(Cl)cc1. The van der Waals surface area contributed by atoms with E-state index in [0.717, 1.165) is 16.3 Å². The average Bonchev–Trinajstić information content (AvgIpc) is 3.07. The topological polar surface area (TPSA) is 155 Å². The van der Waals surface area contributed by atoms with E-state index in [1.54, 1.807) is 13.8 Å². The van der Waals surface area contributed by atoms with Crippen LogP contribution in [0.2, 0.25) is 5.02 Å². The molecule has 36 heavy (non-hydrogen) atoms. The standard InChI is InChI=1S/C21H27ClFN4O7PS/c1-11(2)33-20(29)12(3)26-35(31,34-14-6-4-13(22)5-7-14)32-10-15-18(28)17(23)19(36-15)27-9-8-16(24)25-21(27)30/h4-9,11-12,15,17-19,28H,10H2,1-3H3,(H,26,31)(H2,24,25,30)/t12-,15+,17-,18+,19+,35-/m0/s1. The fourth-order valence-electron chi connectivity index (χ4n) is 3.20. The largest absolute Gasteiger partial charge is 0.462 e. The number of rotatable bonds is 10. The molecule has 2 aromatic rings. The first kappa shape index (κ1) is 28.4. The number of carbonyl (C=O) groups is 1. The molecule has 11 nitrogen and oxygen atoms in total. The Balaban J connectivity index is 1.76. The van der Waals surface area contributed by atoms with E-state index in [1.807, 2.05) is 0 Å². The van der Waals surface area contributed by atoms with Crippen LogP contribution in [-0.4, -0.2) is 56.9 Å². The molecule has 0 saturated carbocycles. The fourth-order valence-corrected chi connectivity index (χ4v) is 6.37. The van der Waals surface area contributed by atoms with Gasteiger partial charge in [0.15, 0.2) is 6.17 Å². The van der Waals surface area contributed by atoms with Gasteiger partial charge in [-0.3, -0.25) is 13.9 Å². The maximum Gasteiger partial charge on any atom is 0.459 e. The van der Waals surface area contributed by atoms with Gasteiger partial charge in [-0.25, -0.2) is 13.8 Å². The first-order valence-corrected chi connectivity index (χ1v) is 13.7. The van der Waals surface area contributed by atoms with Crippen molar-refractivity contribution in [1.82, 2.24) is 14.6 Å². The number of nitrogen functional groups attached to an aromatic ring is 1. The second-order valence-corrected chi connectivity index (χ2v) is 11.7. The Bertz CT molecular complexity index is 1170. The molecule has 1 saturated heterocycles. The van der Waals surface area contributed by atoms with Gasteiger partial charge in [0.1, 0.15) is 29.1 Å². The van der Waals surface area contributed by atoms with Gasteiger partial charge in [-0.05, 0) is 51.1 Å². The third-order valence-corrected chi connectivity index (χ3v) is 8.35. The number of aliphatic hydroxyl groups is 1. The minimum Gasteiger partial charge on any atom is -0.462 e. The Labute approximate surface area is 216 Å². The van der Waals surface area contributed by atoms with Gasteiger partial charge in [-0.15, -0.1) is 11.8 Å². The second-order valence-electron chi connectivity index (χ2n) is 8.22. The number of esters is 1. The van der Waals surface area contributed by atoms with Crippen molar-refractivity contribution in [1.29, 1.82) is 0 Å². The predicted octanol–water partition coefficient (Wildman–Crippen LogP) is 2.93. The van der Waals surface area contributed by atoms with Gasteiger partial charge < -0.3 is 20.1 Å². The van der Waals surface area contributed by atoms with Crippen LogP contribution < -0.4 is 21.0 Å². The number of thioether (sulfide) groups is 1. The quantitative estimate of drug-likeness (QED) is 0.288. The lowest BCUT2D eigenvalue weighted by atomic mass is 10.1. The van der Waals surface area contributed by atoms with Gasteiger partial charge in [0.25, 0.3) is 0 Å². The monoisotopic (exact) mass is 564 g/mol. The normalized spacial score (nSPS) is 24.3. The van der Waals surface area contributed by atoms with E-state index in [0.29, 0.717) is 5.02 Å². The highest BCUT2D eigenvalue weighted by atomic mass is 35.5. The molecule has 0 spiro atoms. The summed E-state index contributed by atoms with van der Waals surface area (Å²) in [5, 5.41) is 11.3. The fraction of sp³-hybridized carbons (Fsp3) is 0.476. The van der Waals surface area contributed by atoms with Crippen LogP contribution in [0.3, 0.4) is 0 Å². The Morgan fingerprint density at radius 1 is 1.33 bits per heavy atom. The van der Waals surface area contributed by atoms with E-state index in [-0.39, 0.29) is 11.6 Å². The van der Waals surface area contributed by atoms with Crippen molar-refractivity contribution in [3.05, 3.63) is 52.0 Å². The van der Waals surface area contributed by atoms with Crippen LogP contribution in [0.1, 0.15) is 26.1 Å². The van der Waals surface area contributed by atoms with Gasteiger partial charge in [0.05, 0.1) is 18.0 Å². The number of nitrogens with two attached hydrogens (primary N) is 1. The third-order valence-electron chi connectivity index (χ3n) is 4.92. The minimum atomic E-state index is -4.25. The molecule has 1 aliphatic heterocycles. The molecule has 3 rings (SSSR count). The lowest BCUT2D eigenvalue weighted by Crippen LogP contribution is -2.37. The average molecular weight is 565 g/mol. The van der Waals surface area contributed by atoms with Crippen molar-refractivity contribution in [2.45, 2.75) is 55.8 Å². The smallest absolute Gasteiger partial charge is 0.459 e. The van der Waals surface area contributed by atoms with Gasteiger partial charge in [-0.1, -0.05) is 11.6 Å². The molecule has 0 unspecified atom stereocenters. The van der Waals surface area contributed by atoms with Crippen molar-refractivity contribution in [3.8, 4) is 5.75 Å². The Hall–Kier alpha value is -2.15. The van der Waals surface area contributed by atoms with E-state index in [1.165, 1.54) is 43.5 Å². The summed E-state index contributed by atoms with van der Waals surface area (Å²) < 4.78 is 45.7. The van der Waals surface area contributed by atoms with Crippen molar-refractivity contribution in [2.75, 3.05) is 12.3 Å². The summed E-state index contributed by atoms with van der Waals surface area (Å²) in [5.74, 6) is -0.588. The summed E-state index contributed by atoms with van der Waals surface area (Å²) in [6.07, 6.45) is -2.54. The number of hydrogen-bond acceptors (Lipinski definition) is 10. The number of nitrogens with zero attached hydrogens (tertiary/aromatic N) is 2. The van der Waals surface area contributed by atoms with Crippen LogP contribution in [0.25, 0.3) is 0 Å². The number of ether oxygens (including phenoxy) is 1. The van der Waals surface area contributed by atoms with Crippen LogP contribution in [0.5, 0.6) is 5.75 Å². The molecule has 0 amide bonds. The van der Waals surface area contributed by atoms with Crippen molar-refractivity contribution in [3.63, 3.8) is 0 Å². The maximum atomic E-state index is 14.9. The number of aliphatic hydroxyl groups excluding tert-OH is 1. The number of carbonyl (C=O) groups excluding carboxylic acids is 1. The number of aromatic nitrogens is 2. The lowest BCUT2D eigenvalue weighted by molar-refractivity contribution is -0.149. The molecule has 0 radical (unpaired) electrons. The van der Waals surface area contributed by atoms with Gasteiger partial charge in [0.2, 0.25) is 0 Å². The van der Waals surface area contributed by atoms with Crippen LogP contribution in [-0.2, 0) is 18.6 Å². The number of halogens is 2. The molecular formula is C21H27ClFN4O7PS. The summed E-state index contributed by atoms with van der Waals surface area (Å²) in [4.78, 5) is 28.0. The molecular weight excluding hydrogens is 538 g/mol. The van der Waals surface area contributed by atoms with E-state index in [9.17, 15) is 23.7 Å².